The van der Waals surface area contributed by atoms with Gasteiger partial charge >= 0.3 is 5.97 Å². The van der Waals surface area contributed by atoms with Crippen LogP contribution in [0.3, 0.4) is 0 Å². The predicted molar refractivity (Wildman–Crippen MR) is 56.3 cm³/mol. The number of ether oxygens (including phenoxy) is 1. The highest BCUT2D eigenvalue weighted by atomic mass is 16.5. The third-order valence-corrected chi connectivity index (χ3v) is 1.88. The van der Waals surface area contributed by atoms with Crippen LogP contribution >= 0.6 is 0 Å². The minimum absolute atomic E-state index is 0.135. The van der Waals surface area contributed by atoms with Gasteiger partial charge in [-0.2, -0.15) is 0 Å². The Morgan fingerprint density at radius 1 is 1.33 bits per heavy atom. The van der Waals surface area contributed by atoms with E-state index in [9.17, 15) is 14.7 Å². The second-order valence-corrected chi connectivity index (χ2v) is 3.99. The fourth-order valence-electron chi connectivity index (χ4n) is 1.04. The van der Waals surface area contributed by atoms with Gasteiger partial charge in [-0.1, -0.05) is 27.2 Å². The largest absolute Gasteiger partial charge is 0.463 e. The Bertz CT molecular complexity index is 211. The molecule has 0 aliphatic rings. The summed E-state index contributed by atoms with van der Waals surface area (Å²) in [4.78, 5) is 22.4. The summed E-state index contributed by atoms with van der Waals surface area (Å²) in [7, 11) is 0. The van der Waals surface area contributed by atoms with Gasteiger partial charge in [0.1, 0.15) is 0 Å². The molecule has 0 amide bonds. The molecule has 1 unspecified atom stereocenters. The van der Waals surface area contributed by atoms with Gasteiger partial charge in [-0.15, -0.1) is 0 Å². The minimum atomic E-state index is -1.61. The van der Waals surface area contributed by atoms with E-state index >= 15 is 0 Å². The molecular formula is C11H20O4. The molecule has 0 saturated heterocycles. The molecule has 4 heteroatoms. The average Bonchev–Trinajstić information content (AvgIpc) is 2.15. The van der Waals surface area contributed by atoms with E-state index in [2.05, 4.69) is 0 Å². The first-order chi connectivity index (χ1) is 6.99. The zero-order chi connectivity index (χ0) is 11.8. The Labute approximate surface area is 90.6 Å². The number of hydrogen-bond donors (Lipinski definition) is 1. The summed E-state index contributed by atoms with van der Waals surface area (Å²) in [6.45, 7) is 5.94. The van der Waals surface area contributed by atoms with Crippen molar-refractivity contribution < 1.29 is 19.4 Å². The van der Waals surface area contributed by atoms with E-state index < -0.39 is 17.9 Å². The van der Waals surface area contributed by atoms with Gasteiger partial charge in [0.05, 0.1) is 6.61 Å². The topological polar surface area (TPSA) is 63.6 Å². The molecule has 0 fully saturated rings. The van der Waals surface area contributed by atoms with E-state index in [0.29, 0.717) is 0 Å². The fourth-order valence-corrected chi connectivity index (χ4v) is 1.04. The first kappa shape index (κ1) is 14.1. The molecule has 0 bridgehead atoms. The molecule has 0 rings (SSSR count). The summed E-state index contributed by atoms with van der Waals surface area (Å²) in [5, 5.41) is 9.31. The van der Waals surface area contributed by atoms with Crippen molar-refractivity contribution >= 4 is 11.8 Å². The van der Waals surface area contributed by atoms with Crippen molar-refractivity contribution in [3.63, 3.8) is 0 Å². The number of unbranched alkanes of at least 4 members (excludes halogenated alkanes) is 1. The number of Topliss-reactive ketones (excluding diaryl/α,β-unsaturated/α-hetero) is 1. The Kier molecular flexibility index (Phi) is 6.96. The molecule has 4 nitrogen and oxygen atoms in total. The molecule has 0 aromatic heterocycles. The summed E-state index contributed by atoms with van der Waals surface area (Å²) < 4.78 is 4.74. The van der Waals surface area contributed by atoms with E-state index in [0.717, 1.165) is 12.8 Å². The van der Waals surface area contributed by atoms with Crippen LogP contribution in [-0.2, 0) is 14.3 Å². The Balaban J connectivity index is 3.91. The van der Waals surface area contributed by atoms with Crippen molar-refractivity contribution in [1.82, 2.24) is 0 Å². The van der Waals surface area contributed by atoms with Crippen LogP contribution in [0.25, 0.3) is 0 Å². The molecule has 15 heavy (non-hydrogen) atoms. The van der Waals surface area contributed by atoms with Crippen molar-refractivity contribution in [2.75, 3.05) is 6.61 Å². The number of ketones is 1. The Morgan fingerprint density at radius 2 is 1.93 bits per heavy atom. The Morgan fingerprint density at radius 3 is 2.40 bits per heavy atom. The first-order valence-electron chi connectivity index (χ1n) is 5.36. The normalized spacial score (nSPS) is 12.6. The van der Waals surface area contributed by atoms with Crippen molar-refractivity contribution in [2.24, 2.45) is 5.92 Å². The molecule has 1 N–H and O–H groups in total. The van der Waals surface area contributed by atoms with Gasteiger partial charge in [-0.25, -0.2) is 4.79 Å². The van der Waals surface area contributed by atoms with Gasteiger partial charge in [0.25, 0.3) is 0 Å². The van der Waals surface area contributed by atoms with Gasteiger partial charge in [0.15, 0.2) is 5.78 Å². The first-order valence-corrected chi connectivity index (χ1v) is 5.36. The van der Waals surface area contributed by atoms with Crippen molar-refractivity contribution in [3.05, 3.63) is 0 Å². The quantitative estimate of drug-likeness (QED) is 0.396. The van der Waals surface area contributed by atoms with Gasteiger partial charge in [0.2, 0.25) is 6.10 Å². The van der Waals surface area contributed by atoms with Gasteiger partial charge in [-0.05, 0) is 12.3 Å². The lowest BCUT2D eigenvalue weighted by atomic mass is 10.0. The van der Waals surface area contributed by atoms with Crippen LogP contribution in [0.5, 0.6) is 0 Å². The predicted octanol–water partition coefficient (Wildman–Crippen LogP) is 1.31. The van der Waals surface area contributed by atoms with E-state index in [1.165, 1.54) is 0 Å². The highest BCUT2D eigenvalue weighted by Gasteiger charge is 2.25. The number of aliphatic hydroxyl groups excluding tert-OH is 1. The van der Waals surface area contributed by atoms with E-state index in [1.807, 2.05) is 20.8 Å². The van der Waals surface area contributed by atoms with Crippen LogP contribution in [0.1, 0.15) is 40.0 Å². The molecule has 88 valence electrons. The lowest BCUT2D eigenvalue weighted by Gasteiger charge is -2.10. The summed E-state index contributed by atoms with van der Waals surface area (Å²) in [6.07, 6.45) is 0.244. The number of rotatable bonds is 7. The van der Waals surface area contributed by atoms with Crippen LogP contribution < -0.4 is 0 Å². The lowest BCUT2D eigenvalue weighted by molar-refractivity contribution is -0.158. The molecule has 0 radical (unpaired) electrons. The fraction of sp³-hybridized carbons (Fsp3) is 0.818. The highest BCUT2D eigenvalue weighted by Crippen LogP contribution is 2.04. The number of carbonyl (C=O) groups excluding carboxylic acids is 2. The van der Waals surface area contributed by atoms with Crippen LogP contribution in [0.4, 0.5) is 0 Å². The molecule has 0 aliphatic heterocycles. The second-order valence-electron chi connectivity index (χ2n) is 3.99. The van der Waals surface area contributed by atoms with Crippen molar-refractivity contribution in [3.8, 4) is 0 Å². The maximum Gasteiger partial charge on any atom is 0.342 e. The SMILES string of the molecule is CCCCOC(=O)C(O)C(=O)CC(C)C. The van der Waals surface area contributed by atoms with E-state index in [-0.39, 0.29) is 18.9 Å². The number of hydrogen-bond acceptors (Lipinski definition) is 4. The average molecular weight is 216 g/mol. The summed E-state index contributed by atoms with van der Waals surface area (Å²) in [5.74, 6) is -1.16. The molecule has 1 atom stereocenters. The third kappa shape index (κ3) is 6.23. The monoisotopic (exact) mass is 216 g/mol. The molecule has 0 aromatic rings. The summed E-state index contributed by atoms with van der Waals surface area (Å²) in [5.41, 5.74) is 0. The Hall–Kier alpha value is -0.900. The third-order valence-electron chi connectivity index (χ3n) is 1.88. The molecule has 0 spiro atoms. The van der Waals surface area contributed by atoms with Crippen molar-refractivity contribution in [1.29, 1.82) is 0 Å². The van der Waals surface area contributed by atoms with Crippen LogP contribution in [0, 0.1) is 5.92 Å². The smallest absolute Gasteiger partial charge is 0.342 e. The van der Waals surface area contributed by atoms with E-state index in [4.69, 9.17) is 4.74 Å². The maximum atomic E-state index is 11.3. The zero-order valence-corrected chi connectivity index (χ0v) is 9.66. The van der Waals surface area contributed by atoms with Crippen LogP contribution in [0.2, 0.25) is 0 Å². The van der Waals surface area contributed by atoms with Gasteiger partial charge < -0.3 is 9.84 Å². The summed E-state index contributed by atoms with van der Waals surface area (Å²) >= 11 is 0. The molecule has 0 saturated carbocycles. The number of carbonyl (C=O) groups is 2. The molecule has 0 aromatic carbocycles. The minimum Gasteiger partial charge on any atom is -0.463 e. The molecule has 0 heterocycles. The highest BCUT2D eigenvalue weighted by molar-refractivity contribution is 6.01. The van der Waals surface area contributed by atoms with E-state index in [1.54, 1.807) is 0 Å². The van der Waals surface area contributed by atoms with Crippen LogP contribution in [0.15, 0.2) is 0 Å². The lowest BCUT2D eigenvalue weighted by Crippen LogP contribution is -2.32. The van der Waals surface area contributed by atoms with Gasteiger partial charge in [-0.3, -0.25) is 4.79 Å². The second kappa shape index (κ2) is 7.40. The van der Waals surface area contributed by atoms with Crippen molar-refractivity contribution in [2.45, 2.75) is 46.1 Å². The maximum absolute atomic E-state index is 11.3. The number of aliphatic hydroxyl groups is 1. The number of esters is 1. The molecule has 0 aliphatic carbocycles. The molecular weight excluding hydrogens is 196 g/mol. The summed E-state index contributed by atoms with van der Waals surface area (Å²) in [6, 6.07) is 0. The zero-order valence-electron chi connectivity index (χ0n) is 9.66. The standard InChI is InChI=1S/C11H20O4/c1-4-5-6-15-11(14)10(13)9(12)7-8(2)3/h8,10,13H,4-7H2,1-3H3. The van der Waals surface area contributed by atoms with Gasteiger partial charge in [0, 0.05) is 6.42 Å². The van der Waals surface area contributed by atoms with Crippen LogP contribution in [-0.4, -0.2) is 29.6 Å².